The largest absolute Gasteiger partial charge is 0.480 e. The van der Waals surface area contributed by atoms with Crippen molar-refractivity contribution in [2.75, 3.05) is 6.61 Å². The van der Waals surface area contributed by atoms with E-state index in [1.807, 2.05) is 66.7 Å². The minimum Gasteiger partial charge on any atom is -0.480 e. The third-order valence-corrected chi connectivity index (χ3v) is 6.18. The van der Waals surface area contributed by atoms with Crippen LogP contribution in [-0.4, -0.2) is 29.3 Å². The fraction of sp³-hybridized carbons (Fsp3) is 0.241. The van der Waals surface area contributed by atoms with Gasteiger partial charge < -0.3 is 15.2 Å². The summed E-state index contributed by atoms with van der Waals surface area (Å²) < 4.78 is 5.53. The van der Waals surface area contributed by atoms with Crippen molar-refractivity contribution in [3.63, 3.8) is 0 Å². The normalized spacial score (nSPS) is 13.6. The molecule has 0 aliphatic heterocycles. The molecule has 2 N–H and O–H groups in total. The number of fused-ring (bicyclic) bond motifs is 3. The first kappa shape index (κ1) is 23.1. The van der Waals surface area contributed by atoms with Gasteiger partial charge in [0.2, 0.25) is 0 Å². The quantitative estimate of drug-likeness (QED) is 0.361. The number of hydrogen-bond donors (Lipinski definition) is 2. The van der Waals surface area contributed by atoms with Crippen molar-refractivity contribution >= 4 is 12.1 Å². The van der Waals surface area contributed by atoms with Crippen LogP contribution in [0.25, 0.3) is 11.1 Å². The van der Waals surface area contributed by atoms with Crippen molar-refractivity contribution < 1.29 is 19.4 Å². The average Bonchev–Trinajstić information content (AvgIpc) is 3.17. The molecule has 0 heterocycles. The van der Waals surface area contributed by atoms with Crippen LogP contribution in [-0.2, 0) is 9.53 Å². The van der Waals surface area contributed by atoms with E-state index < -0.39 is 17.6 Å². The number of benzene rings is 3. The lowest BCUT2D eigenvalue weighted by Crippen LogP contribution is -2.52. The molecule has 4 rings (SSSR count). The van der Waals surface area contributed by atoms with Gasteiger partial charge in [-0.25, -0.2) is 9.59 Å². The summed E-state index contributed by atoms with van der Waals surface area (Å²) in [7, 11) is 0. The molecule has 0 fully saturated rings. The molecule has 0 saturated heterocycles. The Labute approximate surface area is 199 Å². The number of amides is 1. The fourth-order valence-electron chi connectivity index (χ4n) is 4.30. The van der Waals surface area contributed by atoms with Gasteiger partial charge in [0.15, 0.2) is 0 Å². The predicted octanol–water partition coefficient (Wildman–Crippen LogP) is 5.59. The topological polar surface area (TPSA) is 75.6 Å². The van der Waals surface area contributed by atoms with E-state index in [1.54, 1.807) is 0 Å². The summed E-state index contributed by atoms with van der Waals surface area (Å²) in [6.07, 6.45) is 0.578. The predicted molar refractivity (Wildman–Crippen MR) is 131 cm³/mol. The second-order valence-electron chi connectivity index (χ2n) is 8.61. The number of ether oxygens (including phenoxy) is 1. The highest BCUT2D eigenvalue weighted by atomic mass is 16.5. The van der Waals surface area contributed by atoms with Crippen LogP contribution in [0.15, 0.2) is 78.9 Å². The summed E-state index contributed by atoms with van der Waals surface area (Å²) in [5.41, 5.74) is 3.97. The Kier molecular flexibility index (Phi) is 6.98. The minimum absolute atomic E-state index is 0.0810. The number of hydrogen-bond acceptors (Lipinski definition) is 3. The molecule has 5 heteroatoms. The Morgan fingerprint density at radius 1 is 0.941 bits per heavy atom. The molecule has 0 saturated carbocycles. The van der Waals surface area contributed by atoms with E-state index >= 15 is 0 Å². The third kappa shape index (κ3) is 5.13. The summed E-state index contributed by atoms with van der Waals surface area (Å²) in [6.45, 7) is 1.64. The number of carbonyl (C=O) groups excluding carboxylic acids is 1. The van der Waals surface area contributed by atoms with Crippen LogP contribution < -0.4 is 5.32 Å². The van der Waals surface area contributed by atoms with E-state index in [-0.39, 0.29) is 18.9 Å². The SMILES string of the molecule is C[C@@](CCCC#Cc1ccccc1)(NC(=O)OCC1c2ccccc2-c2ccccc21)C(=O)O. The molecule has 0 unspecified atom stereocenters. The van der Waals surface area contributed by atoms with Gasteiger partial charge in [-0.1, -0.05) is 78.6 Å². The van der Waals surface area contributed by atoms with Crippen LogP contribution in [0, 0.1) is 11.8 Å². The van der Waals surface area contributed by atoms with Crippen LogP contribution in [0.2, 0.25) is 0 Å². The highest BCUT2D eigenvalue weighted by molar-refractivity contribution is 5.84. The van der Waals surface area contributed by atoms with Gasteiger partial charge in [0.25, 0.3) is 0 Å². The molecule has 1 aliphatic rings. The zero-order valence-corrected chi connectivity index (χ0v) is 19.1. The molecule has 3 aromatic rings. The van der Waals surface area contributed by atoms with E-state index in [4.69, 9.17) is 4.74 Å². The van der Waals surface area contributed by atoms with Crippen LogP contribution >= 0.6 is 0 Å². The maximum atomic E-state index is 12.6. The van der Waals surface area contributed by atoms with Crippen molar-refractivity contribution in [1.29, 1.82) is 0 Å². The summed E-state index contributed by atoms with van der Waals surface area (Å²) in [4.78, 5) is 24.5. The average molecular weight is 454 g/mol. The summed E-state index contributed by atoms with van der Waals surface area (Å²) >= 11 is 0. The number of aliphatic carboxylic acids is 1. The van der Waals surface area contributed by atoms with Gasteiger partial charge in [-0.3, -0.25) is 0 Å². The van der Waals surface area contributed by atoms with Crippen molar-refractivity contribution in [1.82, 2.24) is 5.32 Å². The Bertz CT molecular complexity index is 1200. The Balaban J connectivity index is 1.34. The van der Waals surface area contributed by atoms with E-state index in [0.29, 0.717) is 12.8 Å². The fourth-order valence-corrected chi connectivity index (χ4v) is 4.30. The number of alkyl carbamates (subject to hydrolysis) is 1. The molecule has 0 spiro atoms. The number of unbranched alkanes of at least 4 members (excludes halogenated alkanes) is 1. The number of carbonyl (C=O) groups is 2. The van der Waals surface area contributed by atoms with Crippen molar-refractivity contribution in [3.8, 4) is 23.0 Å². The Morgan fingerprint density at radius 2 is 1.53 bits per heavy atom. The van der Waals surface area contributed by atoms with E-state index in [2.05, 4.69) is 29.3 Å². The first-order chi connectivity index (χ1) is 16.5. The van der Waals surface area contributed by atoms with Crippen molar-refractivity contribution in [2.24, 2.45) is 0 Å². The first-order valence-electron chi connectivity index (χ1n) is 11.4. The monoisotopic (exact) mass is 453 g/mol. The summed E-state index contributed by atoms with van der Waals surface area (Å²) in [5, 5.41) is 12.3. The zero-order chi connectivity index (χ0) is 24.0. The highest BCUT2D eigenvalue weighted by Crippen LogP contribution is 2.44. The van der Waals surface area contributed by atoms with E-state index in [9.17, 15) is 14.7 Å². The smallest absolute Gasteiger partial charge is 0.408 e. The van der Waals surface area contributed by atoms with Gasteiger partial charge >= 0.3 is 12.1 Å². The molecule has 34 heavy (non-hydrogen) atoms. The van der Waals surface area contributed by atoms with Crippen molar-refractivity contribution in [2.45, 2.75) is 37.6 Å². The van der Waals surface area contributed by atoms with Crippen LogP contribution in [0.4, 0.5) is 4.79 Å². The minimum atomic E-state index is -1.43. The molecule has 5 nitrogen and oxygen atoms in total. The van der Waals surface area contributed by atoms with Crippen molar-refractivity contribution in [3.05, 3.63) is 95.6 Å². The van der Waals surface area contributed by atoms with Gasteiger partial charge in [0.05, 0.1) is 0 Å². The summed E-state index contributed by atoms with van der Waals surface area (Å²) in [6, 6.07) is 25.8. The van der Waals surface area contributed by atoms with Gasteiger partial charge in [-0.05, 0) is 54.2 Å². The third-order valence-electron chi connectivity index (χ3n) is 6.18. The van der Waals surface area contributed by atoms with E-state index in [1.165, 1.54) is 6.92 Å². The standard InChI is InChI=1S/C29H27NO4/c1-29(27(31)32,19-11-3-6-14-21-12-4-2-5-13-21)30-28(33)34-20-26-24-17-9-7-15-22(24)23-16-8-10-18-25(23)26/h2,4-5,7-10,12-13,15-18,26H,3,11,19-20H2,1H3,(H,30,33)(H,31,32)/t29-/m0/s1. The zero-order valence-electron chi connectivity index (χ0n) is 19.1. The van der Waals surface area contributed by atoms with E-state index in [0.717, 1.165) is 27.8 Å². The molecule has 1 amide bonds. The lowest BCUT2D eigenvalue weighted by atomic mass is 9.95. The number of nitrogens with one attached hydrogen (secondary N) is 1. The molecule has 1 atom stereocenters. The maximum Gasteiger partial charge on any atom is 0.408 e. The lowest BCUT2D eigenvalue weighted by Gasteiger charge is -2.26. The van der Waals surface area contributed by atoms with Gasteiger partial charge in [0.1, 0.15) is 12.1 Å². The second kappa shape index (κ2) is 10.3. The van der Waals surface area contributed by atoms with Crippen LogP contribution in [0.1, 0.15) is 48.8 Å². The Morgan fingerprint density at radius 3 is 2.15 bits per heavy atom. The Hall–Kier alpha value is -4.04. The number of rotatable bonds is 7. The molecule has 0 bridgehead atoms. The number of carboxylic acid groups (broad SMARTS) is 1. The lowest BCUT2D eigenvalue weighted by molar-refractivity contribution is -0.144. The molecule has 0 radical (unpaired) electrons. The molecule has 1 aliphatic carbocycles. The molecule has 172 valence electrons. The van der Waals surface area contributed by atoms with Crippen LogP contribution in [0.5, 0.6) is 0 Å². The first-order valence-corrected chi connectivity index (χ1v) is 11.4. The molecule has 3 aromatic carbocycles. The van der Waals surface area contributed by atoms with Gasteiger partial charge in [0, 0.05) is 17.9 Å². The highest BCUT2D eigenvalue weighted by Gasteiger charge is 2.35. The number of carboxylic acids is 1. The molecular formula is C29H27NO4. The maximum absolute atomic E-state index is 12.6. The molecule has 0 aromatic heterocycles. The molecular weight excluding hydrogens is 426 g/mol. The summed E-state index contributed by atoms with van der Waals surface area (Å²) in [5.74, 6) is 4.94. The second-order valence-corrected chi connectivity index (χ2v) is 8.61. The van der Waals surface area contributed by atoms with Gasteiger partial charge in [-0.2, -0.15) is 0 Å². The van der Waals surface area contributed by atoms with Gasteiger partial charge in [-0.15, -0.1) is 0 Å². The van der Waals surface area contributed by atoms with Crippen LogP contribution in [0.3, 0.4) is 0 Å².